The molecule has 0 fully saturated rings. The highest BCUT2D eigenvalue weighted by molar-refractivity contribution is 5.68. The minimum atomic E-state index is -1.59. The van der Waals surface area contributed by atoms with Crippen molar-refractivity contribution in [1.82, 2.24) is 0 Å². The lowest BCUT2D eigenvalue weighted by Crippen LogP contribution is -2.11. The molecule has 0 bridgehead atoms. The van der Waals surface area contributed by atoms with E-state index in [0.29, 0.717) is 12.1 Å². The van der Waals surface area contributed by atoms with Gasteiger partial charge < -0.3 is 23.8 Å². The fourth-order valence-corrected chi connectivity index (χ4v) is 2.97. The van der Waals surface area contributed by atoms with Crippen molar-refractivity contribution in [2.45, 2.75) is 13.0 Å². The number of hydrogen-bond acceptors (Lipinski definition) is 13. The van der Waals surface area contributed by atoms with Gasteiger partial charge in [-0.05, 0) is 6.92 Å². The Bertz CT molecular complexity index is 1170. The zero-order valence-electron chi connectivity index (χ0n) is 17.9. The van der Waals surface area contributed by atoms with Gasteiger partial charge in [0.05, 0.1) is 54.3 Å². The lowest BCUT2D eigenvalue weighted by molar-refractivity contribution is -0.770. The molecule has 34 heavy (non-hydrogen) atoms. The summed E-state index contributed by atoms with van der Waals surface area (Å²) in [5, 5.41) is 44.0. The van der Waals surface area contributed by atoms with Crippen LogP contribution in [-0.2, 0) is 4.84 Å². The molecule has 182 valence electrons. The zero-order valence-corrected chi connectivity index (χ0v) is 17.9. The highest BCUT2D eigenvalue weighted by Gasteiger charge is 2.35. The number of nitro benzene ring substituents is 3. The van der Waals surface area contributed by atoms with Crippen molar-refractivity contribution in [3.8, 4) is 28.7 Å². The SMILES string of the molecule is COc1cc([N+](=O)[O-])c([N+](=O)[O-])cc1Oc1c(OC)c(OC)cc([N+](=O)[O-])c1C(C)O[N+](=O)[O-]. The third kappa shape index (κ3) is 4.92. The van der Waals surface area contributed by atoms with Gasteiger partial charge in [0.15, 0.2) is 23.0 Å². The molecule has 1 unspecified atom stereocenters. The first kappa shape index (κ1) is 25.3. The number of benzene rings is 2. The Hall–Kier alpha value is -4.96. The first-order valence-corrected chi connectivity index (χ1v) is 8.89. The smallest absolute Gasteiger partial charge is 0.350 e. The molecular formula is C17H16N4O13. The van der Waals surface area contributed by atoms with Crippen molar-refractivity contribution < 1.29 is 43.6 Å². The third-order valence-electron chi connectivity index (χ3n) is 4.36. The van der Waals surface area contributed by atoms with E-state index in [9.17, 15) is 40.5 Å². The number of hydrogen-bond donors (Lipinski definition) is 0. The summed E-state index contributed by atoms with van der Waals surface area (Å²) in [4.78, 5) is 46.7. The van der Waals surface area contributed by atoms with Crippen LogP contribution in [0.4, 0.5) is 17.1 Å². The molecule has 17 nitrogen and oxygen atoms in total. The lowest BCUT2D eigenvalue weighted by Gasteiger charge is -2.20. The Morgan fingerprint density at radius 3 is 1.56 bits per heavy atom. The maximum atomic E-state index is 11.7. The molecule has 0 aliphatic carbocycles. The summed E-state index contributed by atoms with van der Waals surface area (Å²) in [6.07, 6.45) is -1.59. The highest BCUT2D eigenvalue weighted by Crippen LogP contribution is 2.51. The summed E-state index contributed by atoms with van der Waals surface area (Å²) in [6, 6.07) is 2.28. The second-order valence-electron chi connectivity index (χ2n) is 6.21. The maximum absolute atomic E-state index is 11.7. The van der Waals surface area contributed by atoms with E-state index in [4.69, 9.17) is 18.9 Å². The molecule has 0 aliphatic heterocycles. The van der Waals surface area contributed by atoms with Crippen molar-refractivity contribution in [1.29, 1.82) is 0 Å². The van der Waals surface area contributed by atoms with E-state index >= 15 is 0 Å². The van der Waals surface area contributed by atoms with Gasteiger partial charge in [0, 0.05) is 0 Å². The van der Waals surface area contributed by atoms with Crippen LogP contribution in [0.1, 0.15) is 18.6 Å². The van der Waals surface area contributed by atoms with Gasteiger partial charge in [0.2, 0.25) is 5.75 Å². The van der Waals surface area contributed by atoms with Gasteiger partial charge in [-0.15, -0.1) is 10.1 Å². The Kier molecular flexibility index (Phi) is 7.52. The number of nitrogens with zero attached hydrogens (tertiary/aromatic N) is 4. The minimum Gasteiger partial charge on any atom is -0.493 e. The molecule has 0 spiro atoms. The Labute approximate surface area is 188 Å². The molecule has 17 heteroatoms. The summed E-state index contributed by atoms with van der Waals surface area (Å²) >= 11 is 0. The van der Waals surface area contributed by atoms with Gasteiger partial charge in [-0.25, -0.2) is 0 Å². The van der Waals surface area contributed by atoms with Gasteiger partial charge >= 0.3 is 11.4 Å². The van der Waals surface area contributed by atoms with Gasteiger partial charge in [-0.1, -0.05) is 0 Å². The van der Waals surface area contributed by atoms with Gasteiger partial charge in [0.1, 0.15) is 11.7 Å². The molecule has 0 amide bonds. The number of ether oxygens (including phenoxy) is 4. The molecule has 0 heterocycles. The molecule has 2 aromatic rings. The van der Waals surface area contributed by atoms with Crippen LogP contribution in [0.15, 0.2) is 18.2 Å². The highest BCUT2D eigenvalue weighted by atomic mass is 17.0. The predicted molar refractivity (Wildman–Crippen MR) is 109 cm³/mol. The first-order chi connectivity index (χ1) is 16.0. The lowest BCUT2D eigenvalue weighted by atomic mass is 10.0. The van der Waals surface area contributed by atoms with Crippen LogP contribution in [0, 0.1) is 40.5 Å². The van der Waals surface area contributed by atoms with E-state index in [0.717, 1.165) is 34.3 Å². The second kappa shape index (κ2) is 10.1. The molecule has 0 aliphatic rings. The minimum absolute atomic E-state index is 0.225. The van der Waals surface area contributed by atoms with Gasteiger partial charge in [0.25, 0.3) is 10.8 Å². The van der Waals surface area contributed by atoms with Crippen molar-refractivity contribution in [2.24, 2.45) is 0 Å². The molecule has 0 aromatic heterocycles. The van der Waals surface area contributed by atoms with Crippen LogP contribution < -0.4 is 18.9 Å². The van der Waals surface area contributed by atoms with E-state index in [1.807, 2.05) is 0 Å². The average molecular weight is 484 g/mol. The van der Waals surface area contributed by atoms with Crippen molar-refractivity contribution in [2.75, 3.05) is 21.3 Å². The summed E-state index contributed by atoms with van der Waals surface area (Å²) in [5.41, 5.74) is -3.10. The van der Waals surface area contributed by atoms with Crippen LogP contribution in [0.5, 0.6) is 28.7 Å². The van der Waals surface area contributed by atoms with Crippen LogP contribution in [0.25, 0.3) is 0 Å². The fourth-order valence-electron chi connectivity index (χ4n) is 2.97. The van der Waals surface area contributed by atoms with Crippen LogP contribution in [-0.4, -0.2) is 41.2 Å². The number of nitro groups is 3. The van der Waals surface area contributed by atoms with E-state index in [1.54, 1.807) is 0 Å². The largest absolute Gasteiger partial charge is 0.493 e. The Balaban J connectivity index is 2.92. The topological polar surface area (TPSA) is 219 Å². The summed E-state index contributed by atoms with van der Waals surface area (Å²) in [6.45, 7) is 1.11. The third-order valence-corrected chi connectivity index (χ3v) is 4.36. The molecule has 0 N–H and O–H groups in total. The molecule has 0 radical (unpaired) electrons. The monoisotopic (exact) mass is 484 g/mol. The van der Waals surface area contributed by atoms with Crippen molar-refractivity contribution in [3.63, 3.8) is 0 Å². The van der Waals surface area contributed by atoms with Crippen LogP contribution in [0.2, 0.25) is 0 Å². The fraction of sp³-hybridized carbons (Fsp3) is 0.294. The molecule has 2 rings (SSSR count). The Morgan fingerprint density at radius 1 is 0.676 bits per heavy atom. The second-order valence-corrected chi connectivity index (χ2v) is 6.21. The quantitative estimate of drug-likeness (QED) is 0.329. The normalized spacial score (nSPS) is 11.2. The summed E-state index contributed by atoms with van der Waals surface area (Å²) in [5.74, 6) is -1.90. The van der Waals surface area contributed by atoms with Crippen molar-refractivity contribution >= 4 is 17.1 Å². The zero-order chi connectivity index (χ0) is 25.7. The van der Waals surface area contributed by atoms with Crippen LogP contribution in [0.3, 0.4) is 0 Å². The van der Waals surface area contributed by atoms with E-state index in [2.05, 4.69) is 4.84 Å². The first-order valence-electron chi connectivity index (χ1n) is 8.89. The van der Waals surface area contributed by atoms with Crippen molar-refractivity contribution in [3.05, 3.63) is 64.2 Å². The summed E-state index contributed by atoms with van der Waals surface area (Å²) in [7, 11) is 3.37. The number of rotatable bonds is 11. The van der Waals surface area contributed by atoms with E-state index in [1.165, 1.54) is 0 Å². The van der Waals surface area contributed by atoms with E-state index < -0.39 is 60.1 Å². The standard InChI is InChI=1S/C17H16N4O13/c1-8(34-21(28)29)15-11(20(26)27)7-14(31-3)16(32-4)17(15)33-13-6-10(19(24)25)9(18(22)23)5-12(13)30-2/h5-8H,1-4H3. The molecule has 0 saturated carbocycles. The molecule has 1 atom stereocenters. The average Bonchev–Trinajstić information content (AvgIpc) is 2.76. The maximum Gasteiger partial charge on any atom is 0.350 e. The van der Waals surface area contributed by atoms with Gasteiger partial charge in [-0.2, -0.15) is 0 Å². The van der Waals surface area contributed by atoms with E-state index in [-0.39, 0.29) is 17.2 Å². The summed E-state index contributed by atoms with van der Waals surface area (Å²) < 4.78 is 20.9. The molecular weight excluding hydrogens is 468 g/mol. The predicted octanol–water partition coefficient (Wildman–Crippen LogP) is 3.50. The Morgan fingerprint density at radius 2 is 1.15 bits per heavy atom. The molecule has 2 aromatic carbocycles. The van der Waals surface area contributed by atoms with Gasteiger partial charge in [-0.3, -0.25) is 30.3 Å². The molecule has 0 saturated heterocycles. The van der Waals surface area contributed by atoms with Crippen LogP contribution >= 0.6 is 0 Å². The number of methoxy groups -OCH3 is 3.